The number of aliphatic imine (C=N–C) groups is 1. The summed E-state index contributed by atoms with van der Waals surface area (Å²) in [6.45, 7) is 5.48. The number of pyridine rings is 1. The Morgan fingerprint density at radius 1 is 1.26 bits per heavy atom. The highest BCUT2D eigenvalue weighted by molar-refractivity contribution is 8.14. The number of anilines is 1. The van der Waals surface area contributed by atoms with Crippen molar-refractivity contribution in [3.05, 3.63) is 58.6 Å². The number of rotatable bonds is 5. The molecule has 1 aromatic carbocycles. The predicted octanol–water partition coefficient (Wildman–Crippen LogP) is 6.39. The van der Waals surface area contributed by atoms with Crippen LogP contribution in [0.3, 0.4) is 0 Å². The van der Waals surface area contributed by atoms with Gasteiger partial charge in [-0.3, -0.25) is 14.6 Å². The van der Waals surface area contributed by atoms with E-state index in [9.17, 15) is 9.59 Å². The van der Waals surface area contributed by atoms with E-state index >= 15 is 4.39 Å². The summed E-state index contributed by atoms with van der Waals surface area (Å²) in [5, 5.41) is 3.90. The normalized spacial score (nSPS) is 22.1. The zero-order valence-electron chi connectivity index (χ0n) is 20.1. The third kappa shape index (κ3) is 6.04. The van der Waals surface area contributed by atoms with Crippen molar-refractivity contribution in [2.24, 2.45) is 10.9 Å². The first kappa shape index (κ1) is 25.6. The molecular weight excluding hydrogens is 489 g/mol. The van der Waals surface area contributed by atoms with Gasteiger partial charge in [0.25, 0.3) is 5.91 Å². The highest BCUT2D eigenvalue weighted by atomic mass is 35.5. The predicted molar refractivity (Wildman–Crippen MR) is 138 cm³/mol. The van der Waals surface area contributed by atoms with Gasteiger partial charge in [-0.05, 0) is 69.9 Å². The van der Waals surface area contributed by atoms with E-state index < -0.39 is 17.0 Å². The van der Waals surface area contributed by atoms with Crippen LogP contribution in [0.1, 0.15) is 68.9 Å². The van der Waals surface area contributed by atoms with Gasteiger partial charge in [-0.25, -0.2) is 9.37 Å². The molecule has 1 aliphatic carbocycles. The lowest BCUT2D eigenvalue weighted by atomic mass is 9.69. The number of thioether (sulfide) groups is 1. The number of nitrogens with zero attached hydrogens (tertiary/aromatic N) is 2. The molecule has 2 atom stereocenters. The van der Waals surface area contributed by atoms with Crippen LogP contribution < -0.4 is 5.32 Å². The first-order chi connectivity index (χ1) is 16.6. The SMILES string of the molecule is CC(C)(C)OC(=O)CC1=NC2(c3cc(NC(=O)c4ccc(Cl)cn4)ccc3F)CCCC[C@H]2CS1. The molecule has 0 spiro atoms. The fourth-order valence-corrected chi connectivity index (χ4v) is 6.09. The van der Waals surface area contributed by atoms with Crippen LogP contribution in [0.5, 0.6) is 0 Å². The van der Waals surface area contributed by atoms with E-state index in [1.54, 1.807) is 23.9 Å². The van der Waals surface area contributed by atoms with E-state index in [4.69, 9.17) is 21.3 Å². The third-order valence-corrected chi connectivity index (χ3v) is 7.54. The lowest BCUT2D eigenvalue weighted by Gasteiger charge is -2.45. The number of hydrogen-bond donors (Lipinski definition) is 1. The molecule has 9 heteroatoms. The molecule has 6 nitrogen and oxygen atoms in total. The van der Waals surface area contributed by atoms with Crippen LogP contribution in [0.25, 0.3) is 0 Å². The topological polar surface area (TPSA) is 80.6 Å². The summed E-state index contributed by atoms with van der Waals surface area (Å²) in [5.41, 5.74) is -0.236. The number of ether oxygens (including phenoxy) is 1. The van der Waals surface area contributed by atoms with Crippen LogP contribution in [0, 0.1) is 11.7 Å². The summed E-state index contributed by atoms with van der Waals surface area (Å²) in [6, 6.07) is 7.69. The van der Waals surface area contributed by atoms with Crippen LogP contribution in [0.2, 0.25) is 5.02 Å². The third-order valence-electron chi connectivity index (χ3n) is 6.18. The molecule has 1 saturated carbocycles. The van der Waals surface area contributed by atoms with Gasteiger partial charge in [-0.1, -0.05) is 24.4 Å². The zero-order chi connectivity index (χ0) is 25.2. The van der Waals surface area contributed by atoms with Crippen LogP contribution in [0.15, 0.2) is 41.5 Å². The molecule has 1 amide bonds. The van der Waals surface area contributed by atoms with Crippen molar-refractivity contribution in [1.82, 2.24) is 4.98 Å². The maximum absolute atomic E-state index is 15.3. The van der Waals surface area contributed by atoms with Crippen LogP contribution in [0.4, 0.5) is 10.1 Å². The Hall–Kier alpha value is -2.45. The van der Waals surface area contributed by atoms with Crippen molar-refractivity contribution in [2.75, 3.05) is 11.1 Å². The van der Waals surface area contributed by atoms with Gasteiger partial charge in [0, 0.05) is 23.2 Å². The highest BCUT2D eigenvalue weighted by Crippen LogP contribution is 2.50. The number of aromatic nitrogens is 1. The quantitative estimate of drug-likeness (QED) is 0.465. The van der Waals surface area contributed by atoms with E-state index in [0.29, 0.717) is 27.7 Å². The first-order valence-electron chi connectivity index (χ1n) is 11.7. The Labute approximate surface area is 214 Å². The van der Waals surface area contributed by atoms with Gasteiger partial charge < -0.3 is 10.1 Å². The minimum atomic E-state index is -0.774. The number of hydrogen-bond acceptors (Lipinski definition) is 6. The molecule has 0 bridgehead atoms. The fourth-order valence-electron chi connectivity index (χ4n) is 4.69. The molecule has 186 valence electrons. The van der Waals surface area contributed by atoms with E-state index in [1.807, 2.05) is 20.8 Å². The molecule has 1 N–H and O–H groups in total. The number of nitrogens with one attached hydrogen (secondary N) is 1. The number of halogens is 2. The average molecular weight is 518 g/mol. The van der Waals surface area contributed by atoms with Crippen molar-refractivity contribution < 1.29 is 18.7 Å². The van der Waals surface area contributed by atoms with Gasteiger partial charge in [0.05, 0.1) is 22.0 Å². The number of amides is 1. The second-order valence-electron chi connectivity index (χ2n) is 9.96. The van der Waals surface area contributed by atoms with Crippen molar-refractivity contribution in [3.63, 3.8) is 0 Å². The summed E-state index contributed by atoms with van der Waals surface area (Å²) in [4.78, 5) is 34.2. The van der Waals surface area contributed by atoms with Crippen LogP contribution in [-0.4, -0.2) is 33.3 Å². The van der Waals surface area contributed by atoms with E-state index in [-0.39, 0.29) is 29.8 Å². The molecule has 1 aromatic heterocycles. The molecule has 2 heterocycles. The maximum atomic E-state index is 15.3. The Kier molecular flexibility index (Phi) is 7.52. The Balaban J connectivity index is 1.65. The molecule has 2 aromatic rings. The van der Waals surface area contributed by atoms with Crippen molar-refractivity contribution in [3.8, 4) is 0 Å². The standard InChI is InChI=1S/C26H29ClFN3O3S/c1-25(2,3)34-23(32)13-22-31-26(11-5-4-6-16(26)15-35-22)19-12-18(8-9-20(19)28)30-24(33)21-10-7-17(27)14-29-21/h7-10,12,14,16H,4-6,11,13,15H2,1-3H3,(H,30,33)/t16-,26?/m0/s1. The lowest BCUT2D eigenvalue weighted by molar-refractivity contribution is -0.153. The fraction of sp³-hybridized carbons (Fsp3) is 0.462. The number of benzene rings is 1. The second kappa shape index (κ2) is 10.3. The number of fused-ring (bicyclic) bond motifs is 1. The molecular formula is C26H29ClFN3O3S. The number of carbonyl (C=O) groups is 2. The number of carbonyl (C=O) groups excluding carboxylic acids is 2. The van der Waals surface area contributed by atoms with Crippen LogP contribution in [-0.2, 0) is 15.1 Å². The Morgan fingerprint density at radius 3 is 2.77 bits per heavy atom. The first-order valence-corrected chi connectivity index (χ1v) is 13.1. The largest absolute Gasteiger partial charge is 0.460 e. The molecule has 35 heavy (non-hydrogen) atoms. The molecule has 2 aliphatic rings. The van der Waals surface area contributed by atoms with Crippen molar-refractivity contribution in [2.45, 2.75) is 64.0 Å². The molecule has 4 rings (SSSR count). The van der Waals surface area contributed by atoms with Gasteiger partial charge in [0.1, 0.15) is 17.1 Å². The van der Waals surface area contributed by atoms with Crippen molar-refractivity contribution in [1.29, 1.82) is 0 Å². The molecule has 1 unspecified atom stereocenters. The molecule has 1 aliphatic heterocycles. The molecule has 0 saturated heterocycles. The van der Waals surface area contributed by atoms with Gasteiger partial charge in [0.2, 0.25) is 0 Å². The number of esters is 1. The molecule has 1 fully saturated rings. The average Bonchev–Trinajstić information content (AvgIpc) is 2.79. The maximum Gasteiger partial charge on any atom is 0.312 e. The smallest absolute Gasteiger partial charge is 0.312 e. The second-order valence-corrected chi connectivity index (χ2v) is 11.5. The van der Waals surface area contributed by atoms with Gasteiger partial charge in [0.15, 0.2) is 0 Å². The lowest BCUT2D eigenvalue weighted by Crippen LogP contribution is -2.42. The van der Waals surface area contributed by atoms with Crippen LogP contribution >= 0.6 is 23.4 Å². The van der Waals surface area contributed by atoms with Crippen molar-refractivity contribution >= 4 is 46.0 Å². The summed E-state index contributed by atoms with van der Waals surface area (Å²) >= 11 is 7.41. The molecule has 0 radical (unpaired) electrons. The zero-order valence-corrected chi connectivity index (χ0v) is 21.6. The summed E-state index contributed by atoms with van der Waals surface area (Å²) in [5.74, 6) is -0.226. The van der Waals surface area contributed by atoms with Gasteiger partial charge >= 0.3 is 5.97 Å². The highest BCUT2D eigenvalue weighted by Gasteiger charge is 2.46. The van der Waals surface area contributed by atoms with E-state index in [0.717, 1.165) is 25.0 Å². The summed E-state index contributed by atoms with van der Waals surface area (Å²) in [7, 11) is 0. The summed E-state index contributed by atoms with van der Waals surface area (Å²) in [6.07, 6.45) is 5.05. The van der Waals surface area contributed by atoms with Gasteiger partial charge in [-0.2, -0.15) is 0 Å². The Bertz CT molecular complexity index is 1150. The van der Waals surface area contributed by atoms with Gasteiger partial charge in [-0.15, -0.1) is 11.8 Å². The minimum Gasteiger partial charge on any atom is -0.460 e. The Morgan fingerprint density at radius 2 is 2.06 bits per heavy atom. The summed E-state index contributed by atoms with van der Waals surface area (Å²) < 4.78 is 20.8. The minimum absolute atomic E-state index is 0.0662. The van der Waals surface area contributed by atoms with E-state index in [2.05, 4.69) is 10.3 Å². The monoisotopic (exact) mass is 517 g/mol. The van der Waals surface area contributed by atoms with E-state index in [1.165, 1.54) is 24.4 Å².